The summed E-state index contributed by atoms with van der Waals surface area (Å²) in [6, 6.07) is 125. The lowest BCUT2D eigenvalue weighted by Crippen LogP contribution is -2.29. The van der Waals surface area contributed by atoms with Crippen LogP contribution in [0, 0.1) is 0 Å². The van der Waals surface area contributed by atoms with Crippen LogP contribution in [-0.4, -0.2) is 9.13 Å². The van der Waals surface area contributed by atoms with Crippen LogP contribution in [0.5, 0.6) is 0 Å². The fourth-order valence-corrected chi connectivity index (χ4v) is 14.5. The van der Waals surface area contributed by atoms with E-state index in [-0.39, 0.29) is 0 Å². The molecule has 0 saturated heterocycles. The lowest BCUT2D eigenvalue weighted by Gasteiger charge is -2.36. The monoisotopic (exact) mass is 1100 g/mol. The molecular formula is C85H56N2. The molecule has 0 unspecified atom stereocenters. The van der Waals surface area contributed by atoms with E-state index < -0.39 is 5.41 Å². The van der Waals surface area contributed by atoms with Crippen molar-refractivity contribution in [2.75, 3.05) is 0 Å². The maximum atomic E-state index is 2.44. The van der Waals surface area contributed by atoms with Crippen molar-refractivity contribution in [1.29, 1.82) is 0 Å². The van der Waals surface area contributed by atoms with E-state index in [1.165, 1.54) is 149 Å². The molecule has 0 spiro atoms. The Morgan fingerprint density at radius 1 is 0.195 bits per heavy atom. The highest BCUT2D eigenvalue weighted by molar-refractivity contribution is 6.13. The summed E-state index contributed by atoms with van der Waals surface area (Å²) in [5.41, 5.74) is 28.7. The molecule has 16 aromatic rings. The molecule has 2 heterocycles. The molecular weight excluding hydrogens is 1050 g/mol. The van der Waals surface area contributed by atoms with Crippen LogP contribution in [0.3, 0.4) is 0 Å². The number of aromatic nitrogens is 2. The van der Waals surface area contributed by atoms with Gasteiger partial charge in [0.15, 0.2) is 0 Å². The van der Waals surface area contributed by atoms with Gasteiger partial charge in [0.1, 0.15) is 0 Å². The Bertz CT molecular complexity index is 5250. The van der Waals surface area contributed by atoms with Crippen molar-refractivity contribution in [3.8, 4) is 89.3 Å². The van der Waals surface area contributed by atoms with Crippen LogP contribution in [0.2, 0.25) is 0 Å². The van der Waals surface area contributed by atoms with Crippen LogP contribution < -0.4 is 0 Å². The van der Waals surface area contributed by atoms with E-state index in [0.717, 1.165) is 5.69 Å². The molecule has 0 aliphatic heterocycles. The first-order valence-corrected chi connectivity index (χ1v) is 30.1. The van der Waals surface area contributed by atoms with Gasteiger partial charge in [-0.05, 0) is 155 Å². The number of hydrogen-bond acceptors (Lipinski definition) is 0. The van der Waals surface area contributed by atoms with Crippen LogP contribution in [0.1, 0.15) is 22.3 Å². The van der Waals surface area contributed by atoms with E-state index in [0.29, 0.717) is 0 Å². The molecule has 87 heavy (non-hydrogen) atoms. The minimum Gasteiger partial charge on any atom is -0.309 e. The summed E-state index contributed by atoms with van der Waals surface area (Å²) < 4.78 is 4.85. The third-order valence-electron chi connectivity index (χ3n) is 18.5. The summed E-state index contributed by atoms with van der Waals surface area (Å²) in [6.45, 7) is 0. The van der Waals surface area contributed by atoms with Gasteiger partial charge in [0.25, 0.3) is 0 Å². The Morgan fingerprint density at radius 3 is 1.10 bits per heavy atom. The topological polar surface area (TPSA) is 9.86 Å². The number of benzene rings is 14. The smallest absolute Gasteiger partial charge is 0.0719 e. The first-order chi connectivity index (χ1) is 43.2. The van der Waals surface area contributed by atoms with Gasteiger partial charge < -0.3 is 9.13 Å². The van der Waals surface area contributed by atoms with Gasteiger partial charge >= 0.3 is 0 Å². The lowest BCUT2D eigenvalue weighted by atomic mass is 9.65. The van der Waals surface area contributed by atoms with Gasteiger partial charge in [0, 0.05) is 32.8 Å². The van der Waals surface area contributed by atoms with Gasteiger partial charge in [-0.2, -0.15) is 0 Å². The molecule has 2 aromatic heterocycles. The summed E-state index contributed by atoms with van der Waals surface area (Å²) in [6.07, 6.45) is 0. The van der Waals surface area contributed by atoms with E-state index in [1.54, 1.807) is 0 Å². The molecule has 17 rings (SSSR count). The molecule has 2 heteroatoms. The van der Waals surface area contributed by atoms with Crippen molar-refractivity contribution >= 4 is 43.6 Å². The zero-order chi connectivity index (χ0) is 57.4. The van der Waals surface area contributed by atoms with Gasteiger partial charge in [-0.1, -0.05) is 279 Å². The minimum atomic E-state index is -0.533. The van der Waals surface area contributed by atoms with Crippen molar-refractivity contribution in [3.05, 3.63) is 362 Å². The van der Waals surface area contributed by atoms with Crippen LogP contribution in [0.25, 0.3) is 133 Å². The fraction of sp³-hybridized carbons (Fsp3) is 0.0118. The van der Waals surface area contributed by atoms with Crippen molar-refractivity contribution < 1.29 is 0 Å². The number of nitrogens with zero attached hydrogens (tertiary/aromatic N) is 2. The molecule has 0 fully saturated rings. The van der Waals surface area contributed by atoms with Crippen LogP contribution in [0.15, 0.2) is 340 Å². The third-order valence-corrected chi connectivity index (χ3v) is 18.5. The molecule has 0 radical (unpaired) electrons. The van der Waals surface area contributed by atoms with Gasteiger partial charge in [0.2, 0.25) is 0 Å². The Morgan fingerprint density at radius 2 is 0.552 bits per heavy atom. The van der Waals surface area contributed by atoms with Crippen LogP contribution in [0.4, 0.5) is 0 Å². The second-order valence-corrected chi connectivity index (χ2v) is 23.1. The zero-order valence-corrected chi connectivity index (χ0v) is 47.7. The maximum Gasteiger partial charge on any atom is 0.0719 e. The number of rotatable bonds is 10. The summed E-state index contributed by atoms with van der Waals surface area (Å²) in [5, 5.41) is 4.95. The number of fused-ring (bicyclic) bond motifs is 9. The van der Waals surface area contributed by atoms with Gasteiger partial charge in [-0.3, -0.25) is 0 Å². The molecule has 0 N–H and O–H groups in total. The molecule has 0 saturated carbocycles. The van der Waals surface area contributed by atoms with Crippen molar-refractivity contribution in [2.45, 2.75) is 5.41 Å². The Hall–Kier alpha value is -11.3. The van der Waals surface area contributed by atoms with Crippen molar-refractivity contribution in [3.63, 3.8) is 0 Å². The van der Waals surface area contributed by atoms with Crippen LogP contribution >= 0.6 is 0 Å². The zero-order valence-electron chi connectivity index (χ0n) is 47.7. The van der Waals surface area contributed by atoms with Gasteiger partial charge in [0.05, 0.1) is 33.2 Å². The predicted molar refractivity (Wildman–Crippen MR) is 365 cm³/mol. The quantitative estimate of drug-likeness (QED) is 0.129. The molecule has 1 aliphatic carbocycles. The fourth-order valence-electron chi connectivity index (χ4n) is 14.5. The first-order valence-electron chi connectivity index (χ1n) is 30.1. The molecule has 1 aliphatic rings. The molecule has 14 aromatic carbocycles. The van der Waals surface area contributed by atoms with E-state index in [9.17, 15) is 0 Å². The lowest BCUT2D eigenvalue weighted by molar-refractivity contribution is 0.771. The third kappa shape index (κ3) is 8.10. The SMILES string of the molecule is c1ccc(-c2ccccc2-n2c3ccccc3c3cc(-c4ccc5c(c4)c4ccccc4n5-c4ccc(-c5ccc(-c6ccc(-c7cccc(C8(c9ccccc9-c9ccccc9)c9ccccc9-c9ccccc98)c7)cc6)cc5)cc4)ccc32)cc1. The largest absolute Gasteiger partial charge is 0.309 e. The highest BCUT2D eigenvalue weighted by Crippen LogP contribution is 2.58. The molecule has 0 atom stereocenters. The normalized spacial score (nSPS) is 12.5. The maximum absolute atomic E-state index is 2.44. The molecule has 0 amide bonds. The molecule has 2 nitrogen and oxygen atoms in total. The Kier molecular flexibility index (Phi) is 11.8. The van der Waals surface area contributed by atoms with Crippen molar-refractivity contribution in [1.82, 2.24) is 9.13 Å². The Labute approximate surface area is 506 Å². The number of hydrogen-bond donors (Lipinski definition) is 0. The van der Waals surface area contributed by atoms with Gasteiger partial charge in [-0.15, -0.1) is 0 Å². The van der Waals surface area contributed by atoms with E-state index >= 15 is 0 Å². The average Bonchev–Trinajstić information content (AvgIpc) is 1.65. The van der Waals surface area contributed by atoms with Crippen LogP contribution in [-0.2, 0) is 5.41 Å². The summed E-state index contributed by atoms with van der Waals surface area (Å²) >= 11 is 0. The van der Waals surface area contributed by atoms with Crippen molar-refractivity contribution in [2.24, 2.45) is 0 Å². The predicted octanol–water partition coefficient (Wildman–Crippen LogP) is 22.2. The summed E-state index contributed by atoms with van der Waals surface area (Å²) in [5.74, 6) is 0. The average molecular weight is 1110 g/mol. The molecule has 0 bridgehead atoms. The van der Waals surface area contributed by atoms with E-state index in [4.69, 9.17) is 0 Å². The summed E-state index contributed by atoms with van der Waals surface area (Å²) in [4.78, 5) is 0. The van der Waals surface area contributed by atoms with E-state index in [2.05, 4.69) is 349 Å². The molecule has 406 valence electrons. The Balaban J connectivity index is 0.661. The highest BCUT2D eigenvalue weighted by Gasteiger charge is 2.47. The van der Waals surface area contributed by atoms with Gasteiger partial charge in [-0.25, -0.2) is 0 Å². The second kappa shape index (κ2) is 20.5. The standard InChI is InChI=1S/C85H56N2/c1-3-20-62(21-4-1)69-26-7-13-32-77(69)85(78-33-14-8-28-71(78)72-29-9-15-34-79(72)85)67-25-19-24-64(54-67)61-44-42-58(43-45-61)57-38-40-59(41-39-57)60-46-50-68(51-47-60)86-81-36-17-11-30-73(81)75-55-65(48-52-83(75)86)66-49-53-84-76(56-66)74-31-12-18-37-82(74)87(84)80-35-16-10-27-70(80)63-22-5-2-6-23-63/h1-56H. The second-order valence-electron chi connectivity index (χ2n) is 23.1. The summed E-state index contributed by atoms with van der Waals surface area (Å²) in [7, 11) is 0. The number of para-hydroxylation sites is 3. The first kappa shape index (κ1) is 50.2. The highest BCUT2D eigenvalue weighted by atomic mass is 15.0. The van der Waals surface area contributed by atoms with E-state index in [1.807, 2.05) is 0 Å². The minimum absolute atomic E-state index is 0.533.